The molecule has 0 atom stereocenters. The molecule has 0 saturated carbocycles. The Kier molecular flexibility index (Phi) is 4.74. The van der Waals surface area contributed by atoms with Crippen molar-refractivity contribution in [2.45, 2.75) is 32.7 Å². The van der Waals surface area contributed by atoms with E-state index in [1.807, 2.05) is 36.4 Å². The molecule has 0 fully saturated rings. The number of fused-ring (bicyclic) bond motifs is 1. The standard InChI is InChI=1S/C24H23NO4/c1-2-25-19-11-7-6-10-18(19)20(21(25)17-8-4-3-5-9-17)16-12-14-24(15-13-16,22(26)27)23(28)29/h3-12H,2,13-15H2,1H3,(H,26,27)(H,28,29). The molecule has 1 aromatic heterocycles. The molecule has 148 valence electrons. The van der Waals surface area contributed by atoms with Crippen LogP contribution in [0.25, 0.3) is 27.7 Å². The highest BCUT2D eigenvalue weighted by Crippen LogP contribution is 2.45. The molecule has 0 unspecified atom stereocenters. The van der Waals surface area contributed by atoms with Gasteiger partial charge in [0.05, 0.1) is 5.69 Å². The minimum atomic E-state index is -1.74. The summed E-state index contributed by atoms with van der Waals surface area (Å²) in [5.74, 6) is -2.53. The van der Waals surface area contributed by atoms with Crippen molar-refractivity contribution >= 4 is 28.4 Å². The van der Waals surface area contributed by atoms with Gasteiger partial charge in [-0.3, -0.25) is 9.59 Å². The van der Waals surface area contributed by atoms with Crippen LogP contribution in [0.5, 0.6) is 0 Å². The van der Waals surface area contributed by atoms with E-state index in [0.29, 0.717) is 6.42 Å². The average Bonchev–Trinajstić information content (AvgIpc) is 3.08. The number of carbonyl (C=O) groups is 2. The molecule has 1 aliphatic rings. The molecule has 3 aromatic rings. The number of aromatic nitrogens is 1. The lowest BCUT2D eigenvalue weighted by atomic mass is 9.73. The predicted molar refractivity (Wildman–Crippen MR) is 113 cm³/mol. The molecule has 2 aromatic carbocycles. The molecule has 0 aliphatic heterocycles. The topological polar surface area (TPSA) is 79.5 Å². The van der Waals surface area contributed by atoms with Crippen LogP contribution in [-0.2, 0) is 16.1 Å². The Morgan fingerprint density at radius 3 is 2.24 bits per heavy atom. The summed E-state index contributed by atoms with van der Waals surface area (Å²) in [6.07, 6.45) is 2.31. The lowest BCUT2D eigenvalue weighted by molar-refractivity contribution is -0.165. The van der Waals surface area contributed by atoms with E-state index in [2.05, 4.69) is 35.8 Å². The molecule has 5 heteroatoms. The van der Waals surface area contributed by atoms with E-state index >= 15 is 0 Å². The molecule has 0 saturated heterocycles. The highest BCUT2D eigenvalue weighted by molar-refractivity contribution is 6.03. The minimum absolute atomic E-state index is 0.00708. The molecule has 0 bridgehead atoms. The molecule has 1 heterocycles. The maximum Gasteiger partial charge on any atom is 0.321 e. The van der Waals surface area contributed by atoms with Crippen molar-refractivity contribution in [2.24, 2.45) is 5.41 Å². The van der Waals surface area contributed by atoms with Crippen molar-refractivity contribution in [3.05, 3.63) is 66.2 Å². The fourth-order valence-corrected chi connectivity index (χ4v) is 4.41. The first-order valence-electron chi connectivity index (χ1n) is 9.82. The van der Waals surface area contributed by atoms with Gasteiger partial charge in [0, 0.05) is 23.0 Å². The largest absolute Gasteiger partial charge is 0.480 e. The first kappa shape index (κ1) is 19.0. The van der Waals surface area contributed by atoms with Crippen LogP contribution in [-0.4, -0.2) is 26.7 Å². The summed E-state index contributed by atoms with van der Waals surface area (Å²) in [6, 6.07) is 18.3. The molecule has 0 spiro atoms. The van der Waals surface area contributed by atoms with Gasteiger partial charge < -0.3 is 14.8 Å². The van der Waals surface area contributed by atoms with Crippen LogP contribution in [0.15, 0.2) is 60.7 Å². The van der Waals surface area contributed by atoms with Gasteiger partial charge in [-0.25, -0.2) is 0 Å². The van der Waals surface area contributed by atoms with Crippen molar-refractivity contribution in [1.29, 1.82) is 0 Å². The fraction of sp³-hybridized carbons (Fsp3) is 0.250. The lowest BCUT2D eigenvalue weighted by Gasteiger charge is -2.28. The van der Waals surface area contributed by atoms with Crippen molar-refractivity contribution in [2.75, 3.05) is 0 Å². The third-order valence-corrected chi connectivity index (χ3v) is 5.99. The van der Waals surface area contributed by atoms with Crippen molar-refractivity contribution in [3.63, 3.8) is 0 Å². The average molecular weight is 389 g/mol. The molecule has 0 amide bonds. The Hall–Kier alpha value is -3.34. The molecule has 4 rings (SSSR count). The third-order valence-electron chi connectivity index (χ3n) is 5.99. The highest BCUT2D eigenvalue weighted by atomic mass is 16.4. The first-order chi connectivity index (χ1) is 14.0. The van der Waals surface area contributed by atoms with E-state index in [1.54, 1.807) is 0 Å². The van der Waals surface area contributed by atoms with E-state index in [0.717, 1.165) is 39.8 Å². The molecule has 29 heavy (non-hydrogen) atoms. The Bertz CT molecular complexity index is 1110. The molecule has 0 radical (unpaired) electrons. The van der Waals surface area contributed by atoms with Gasteiger partial charge in [0.25, 0.3) is 0 Å². The summed E-state index contributed by atoms with van der Waals surface area (Å²) >= 11 is 0. The van der Waals surface area contributed by atoms with Crippen LogP contribution in [0.3, 0.4) is 0 Å². The third kappa shape index (κ3) is 2.94. The zero-order valence-corrected chi connectivity index (χ0v) is 16.3. The summed E-state index contributed by atoms with van der Waals surface area (Å²) in [4.78, 5) is 23.4. The van der Waals surface area contributed by atoms with Crippen LogP contribution in [0.1, 0.15) is 31.7 Å². The number of allylic oxidation sites excluding steroid dienone is 2. The number of para-hydroxylation sites is 1. The normalized spacial score (nSPS) is 15.8. The van der Waals surface area contributed by atoms with Crippen LogP contribution in [0, 0.1) is 5.41 Å². The molecule has 1 aliphatic carbocycles. The molecular formula is C24H23NO4. The van der Waals surface area contributed by atoms with Crippen LogP contribution in [0.2, 0.25) is 0 Å². The summed E-state index contributed by atoms with van der Waals surface area (Å²) in [5, 5.41) is 20.2. The summed E-state index contributed by atoms with van der Waals surface area (Å²) in [5.41, 5.74) is 3.68. The number of nitrogens with zero attached hydrogens (tertiary/aromatic N) is 1. The summed E-state index contributed by atoms with van der Waals surface area (Å²) in [7, 11) is 0. The van der Waals surface area contributed by atoms with E-state index in [4.69, 9.17) is 0 Å². The van der Waals surface area contributed by atoms with E-state index in [-0.39, 0.29) is 12.8 Å². The van der Waals surface area contributed by atoms with Crippen LogP contribution in [0.4, 0.5) is 0 Å². The monoisotopic (exact) mass is 389 g/mol. The summed E-state index contributed by atoms with van der Waals surface area (Å²) in [6.45, 7) is 2.91. The van der Waals surface area contributed by atoms with Crippen LogP contribution < -0.4 is 0 Å². The maximum absolute atomic E-state index is 11.7. The van der Waals surface area contributed by atoms with E-state index in [9.17, 15) is 19.8 Å². The zero-order chi connectivity index (χ0) is 20.6. The predicted octanol–water partition coefficient (Wildman–Crippen LogP) is 5.05. The zero-order valence-electron chi connectivity index (χ0n) is 16.3. The number of hydrogen-bond acceptors (Lipinski definition) is 2. The Morgan fingerprint density at radius 1 is 1.00 bits per heavy atom. The van der Waals surface area contributed by atoms with Crippen molar-refractivity contribution < 1.29 is 19.8 Å². The van der Waals surface area contributed by atoms with Gasteiger partial charge in [-0.05, 0) is 43.4 Å². The van der Waals surface area contributed by atoms with Crippen LogP contribution >= 0.6 is 0 Å². The second-order valence-electron chi connectivity index (χ2n) is 7.48. The maximum atomic E-state index is 11.7. The van der Waals surface area contributed by atoms with Gasteiger partial charge in [-0.1, -0.05) is 54.6 Å². The number of carboxylic acid groups (broad SMARTS) is 2. The fourth-order valence-electron chi connectivity index (χ4n) is 4.41. The molecule has 5 nitrogen and oxygen atoms in total. The summed E-state index contributed by atoms with van der Waals surface area (Å²) < 4.78 is 2.27. The Labute approximate surface area is 168 Å². The molecule has 2 N–H and O–H groups in total. The van der Waals surface area contributed by atoms with Gasteiger partial charge in [0.2, 0.25) is 0 Å². The lowest BCUT2D eigenvalue weighted by Crippen LogP contribution is -2.40. The number of rotatable bonds is 5. The van der Waals surface area contributed by atoms with E-state index < -0.39 is 17.4 Å². The van der Waals surface area contributed by atoms with Crippen molar-refractivity contribution in [3.8, 4) is 11.3 Å². The van der Waals surface area contributed by atoms with Gasteiger partial charge in [0.15, 0.2) is 5.41 Å². The number of aryl methyl sites for hydroxylation is 1. The number of hydrogen-bond donors (Lipinski definition) is 2. The second kappa shape index (κ2) is 7.24. The first-order valence-corrected chi connectivity index (χ1v) is 9.82. The highest BCUT2D eigenvalue weighted by Gasteiger charge is 2.47. The van der Waals surface area contributed by atoms with Gasteiger partial charge in [-0.15, -0.1) is 0 Å². The smallest absolute Gasteiger partial charge is 0.321 e. The van der Waals surface area contributed by atoms with Gasteiger partial charge in [0.1, 0.15) is 0 Å². The molecular weight excluding hydrogens is 366 g/mol. The van der Waals surface area contributed by atoms with Gasteiger partial charge >= 0.3 is 11.9 Å². The van der Waals surface area contributed by atoms with Gasteiger partial charge in [-0.2, -0.15) is 0 Å². The second-order valence-corrected chi connectivity index (χ2v) is 7.48. The quantitative estimate of drug-likeness (QED) is 0.599. The number of aliphatic carboxylic acids is 2. The van der Waals surface area contributed by atoms with E-state index in [1.165, 1.54) is 0 Å². The Balaban J connectivity index is 1.94. The Morgan fingerprint density at radius 2 is 1.66 bits per heavy atom. The SMILES string of the molecule is CCn1c(-c2ccccc2)c(C2=CCC(C(=O)O)(C(=O)O)CC2)c2ccccc21. The minimum Gasteiger partial charge on any atom is -0.480 e. The number of benzene rings is 2. The van der Waals surface area contributed by atoms with Crippen molar-refractivity contribution in [1.82, 2.24) is 4.57 Å². The number of carboxylic acids is 2.